The number of nitrogens with two attached hydrogens (primary N) is 1. The van der Waals surface area contributed by atoms with Crippen molar-refractivity contribution in [2.75, 3.05) is 5.43 Å². The van der Waals surface area contributed by atoms with E-state index in [-0.39, 0.29) is 0 Å². The number of hydrogen-bond donors (Lipinski definition) is 2. The molecule has 0 amide bonds. The fraction of sp³-hybridized carbons (Fsp3) is 0.143. The van der Waals surface area contributed by atoms with E-state index < -0.39 is 0 Å². The third-order valence-corrected chi connectivity index (χ3v) is 3.70. The first-order chi connectivity index (χ1) is 9.60. The van der Waals surface area contributed by atoms with E-state index in [9.17, 15) is 0 Å². The zero-order valence-electron chi connectivity index (χ0n) is 11.2. The number of nitrogen functional groups attached to an aromatic ring is 1. The van der Waals surface area contributed by atoms with Gasteiger partial charge in [-0.3, -0.25) is 0 Å². The average Bonchev–Trinajstić information content (AvgIpc) is 2.75. The number of anilines is 1. The Morgan fingerprint density at radius 3 is 2.55 bits per heavy atom. The zero-order chi connectivity index (χ0) is 14.3. The van der Waals surface area contributed by atoms with Crippen molar-refractivity contribution in [1.82, 2.24) is 14.6 Å². The van der Waals surface area contributed by atoms with Gasteiger partial charge in [0.25, 0.3) is 0 Å². The summed E-state index contributed by atoms with van der Waals surface area (Å²) in [5.41, 5.74) is 7.39. The van der Waals surface area contributed by atoms with Crippen LogP contribution in [0, 0.1) is 13.8 Å². The first kappa shape index (κ1) is 13.1. The van der Waals surface area contributed by atoms with Gasteiger partial charge in [0.2, 0.25) is 0 Å². The van der Waals surface area contributed by atoms with Gasteiger partial charge in [-0.2, -0.15) is 9.61 Å². The van der Waals surface area contributed by atoms with Crippen LogP contribution in [-0.4, -0.2) is 14.6 Å². The highest BCUT2D eigenvalue weighted by atomic mass is 79.9. The maximum Gasteiger partial charge on any atom is 0.165 e. The second-order valence-electron chi connectivity index (χ2n) is 4.63. The van der Waals surface area contributed by atoms with Gasteiger partial charge in [0.05, 0.1) is 5.69 Å². The quantitative estimate of drug-likeness (QED) is 0.559. The van der Waals surface area contributed by atoms with Gasteiger partial charge in [0, 0.05) is 21.8 Å². The summed E-state index contributed by atoms with van der Waals surface area (Å²) in [4.78, 5) is 4.60. The number of benzene rings is 1. The highest BCUT2D eigenvalue weighted by molar-refractivity contribution is 9.10. The highest BCUT2D eigenvalue weighted by Gasteiger charge is 2.15. The fourth-order valence-corrected chi connectivity index (χ4v) is 2.57. The van der Waals surface area contributed by atoms with Crippen LogP contribution in [0.2, 0.25) is 0 Å². The molecule has 20 heavy (non-hydrogen) atoms. The second kappa shape index (κ2) is 4.88. The number of nitrogens with one attached hydrogen (secondary N) is 1. The summed E-state index contributed by atoms with van der Waals surface area (Å²) in [5, 5.41) is 4.52. The number of nitrogens with zero attached hydrogens (tertiary/aromatic N) is 3. The van der Waals surface area contributed by atoms with E-state index in [1.807, 2.05) is 44.2 Å². The van der Waals surface area contributed by atoms with E-state index in [1.54, 1.807) is 4.52 Å². The van der Waals surface area contributed by atoms with Crippen LogP contribution in [0.1, 0.15) is 11.4 Å². The number of aromatic nitrogens is 3. The molecule has 5 nitrogen and oxygen atoms in total. The molecule has 0 radical (unpaired) electrons. The molecule has 2 heterocycles. The maximum atomic E-state index is 5.56. The van der Waals surface area contributed by atoms with Crippen molar-refractivity contribution in [1.29, 1.82) is 0 Å². The molecule has 0 fully saturated rings. The average molecular weight is 332 g/mol. The maximum absolute atomic E-state index is 5.56. The highest BCUT2D eigenvalue weighted by Crippen LogP contribution is 2.29. The van der Waals surface area contributed by atoms with Gasteiger partial charge in [0.1, 0.15) is 5.82 Å². The molecular weight excluding hydrogens is 318 g/mol. The molecule has 2 aromatic heterocycles. The molecule has 0 saturated carbocycles. The lowest BCUT2D eigenvalue weighted by atomic mass is 10.1. The zero-order valence-corrected chi connectivity index (χ0v) is 12.8. The molecule has 0 aliphatic rings. The van der Waals surface area contributed by atoms with Gasteiger partial charge in [-0.25, -0.2) is 10.8 Å². The number of aryl methyl sites for hydroxylation is 2. The molecular formula is C14H14BrN5. The van der Waals surface area contributed by atoms with Gasteiger partial charge in [-0.1, -0.05) is 28.1 Å². The molecule has 0 aliphatic carbocycles. The molecule has 6 heteroatoms. The molecule has 102 valence electrons. The predicted octanol–water partition coefficient (Wildman–Crippen LogP) is 3.06. The van der Waals surface area contributed by atoms with E-state index in [2.05, 4.69) is 31.4 Å². The lowest BCUT2D eigenvalue weighted by Crippen LogP contribution is -2.12. The van der Waals surface area contributed by atoms with Crippen molar-refractivity contribution in [3.63, 3.8) is 0 Å². The number of hydrogen-bond acceptors (Lipinski definition) is 4. The Kier molecular flexibility index (Phi) is 3.19. The Bertz CT molecular complexity index is 776. The van der Waals surface area contributed by atoms with Crippen molar-refractivity contribution in [3.05, 3.63) is 46.2 Å². The van der Waals surface area contributed by atoms with Crippen molar-refractivity contribution in [2.24, 2.45) is 5.84 Å². The summed E-state index contributed by atoms with van der Waals surface area (Å²) in [6, 6.07) is 9.98. The standard InChI is InChI=1S/C14H14BrN5/c1-8-7-12(18-16)20-14(17-8)13(9(2)19-20)10-3-5-11(15)6-4-10/h3-7,18H,16H2,1-2H3. The van der Waals surface area contributed by atoms with Crippen LogP contribution in [0.25, 0.3) is 16.8 Å². The summed E-state index contributed by atoms with van der Waals surface area (Å²) < 4.78 is 2.78. The topological polar surface area (TPSA) is 68.2 Å². The van der Waals surface area contributed by atoms with Crippen LogP contribution in [0.4, 0.5) is 5.82 Å². The summed E-state index contributed by atoms with van der Waals surface area (Å²) in [6.07, 6.45) is 0. The molecule has 3 N–H and O–H groups in total. The summed E-state index contributed by atoms with van der Waals surface area (Å²) in [6.45, 7) is 3.91. The van der Waals surface area contributed by atoms with Crippen molar-refractivity contribution in [2.45, 2.75) is 13.8 Å². The Morgan fingerprint density at radius 2 is 1.90 bits per heavy atom. The van der Waals surface area contributed by atoms with E-state index in [4.69, 9.17) is 5.84 Å². The summed E-state index contributed by atoms with van der Waals surface area (Å²) in [7, 11) is 0. The molecule has 3 rings (SSSR count). The molecule has 0 bridgehead atoms. The minimum absolute atomic E-state index is 0.721. The van der Waals surface area contributed by atoms with E-state index in [1.165, 1.54) is 0 Å². The molecule has 0 aliphatic heterocycles. The monoisotopic (exact) mass is 331 g/mol. The minimum Gasteiger partial charge on any atom is -0.308 e. The number of fused-ring (bicyclic) bond motifs is 1. The SMILES string of the molecule is Cc1cc(NN)n2nc(C)c(-c3ccc(Br)cc3)c2n1. The lowest BCUT2D eigenvalue weighted by molar-refractivity contribution is 0.908. The van der Waals surface area contributed by atoms with E-state index in [0.29, 0.717) is 0 Å². The van der Waals surface area contributed by atoms with Crippen molar-refractivity contribution >= 4 is 27.4 Å². The van der Waals surface area contributed by atoms with Crippen molar-refractivity contribution in [3.8, 4) is 11.1 Å². The van der Waals surface area contributed by atoms with Crippen LogP contribution in [-0.2, 0) is 0 Å². The summed E-state index contributed by atoms with van der Waals surface area (Å²) >= 11 is 3.45. The van der Waals surface area contributed by atoms with Crippen molar-refractivity contribution < 1.29 is 0 Å². The Balaban J connectivity index is 2.33. The Morgan fingerprint density at radius 1 is 1.20 bits per heavy atom. The third-order valence-electron chi connectivity index (χ3n) is 3.17. The third kappa shape index (κ3) is 2.07. The molecule has 0 unspecified atom stereocenters. The van der Waals surface area contributed by atoms with Gasteiger partial charge in [0.15, 0.2) is 5.65 Å². The normalized spacial score (nSPS) is 11.0. The summed E-state index contributed by atoms with van der Waals surface area (Å²) in [5.74, 6) is 6.28. The number of hydrazine groups is 1. The number of halogens is 1. The largest absolute Gasteiger partial charge is 0.308 e. The molecule has 0 atom stereocenters. The predicted molar refractivity (Wildman–Crippen MR) is 83.4 cm³/mol. The number of rotatable bonds is 2. The molecule has 1 aromatic carbocycles. The van der Waals surface area contributed by atoms with Crippen LogP contribution in [0.5, 0.6) is 0 Å². The Hall–Kier alpha value is -1.92. The molecule has 3 aromatic rings. The fourth-order valence-electron chi connectivity index (χ4n) is 2.30. The van der Waals surface area contributed by atoms with Gasteiger partial charge >= 0.3 is 0 Å². The van der Waals surface area contributed by atoms with Crippen LogP contribution in [0.3, 0.4) is 0 Å². The van der Waals surface area contributed by atoms with Crippen LogP contribution >= 0.6 is 15.9 Å². The molecule has 0 spiro atoms. The van der Waals surface area contributed by atoms with Crippen LogP contribution in [0.15, 0.2) is 34.8 Å². The second-order valence-corrected chi connectivity index (χ2v) is 5.55. The first-order valence-corrected chi connectivity index (χ1v) is 6.99. The van der Waals surface area contributed by atoms with Gasteiger partial charge in [-0.15, -0.1) is 0 Å². The van der Waals surface area contributed by atoms with E-state index >= 15 is 0 Å². The lowest BCUT2D eigenvalue weighted by Gasteiger charge is -2.05. The molecule has 0 saturated heterocycles. The van der Waals surface area contributed by atoms with E-state index in [0.717, 1.165) is 38.5 Å². The smallest absolute Gasteiger partial charge is 0.165 e. The van der Waals surface area contributed by atoms with Crippen LogP contribution < -0.4 is 11.3 Å². The minimum atomic E-state index is 0.721. The van der Waals surface area contributed by atoms with Gasteiger partial charge < -0.3 is 5.43 Å². The van der Waals surface area contributed by atoms with Gasteiger partial charge in [-0.05, 0) is 31.5 Å². The Labute approximate surface area is 124 Å². The first-order valence-electron chi connectivity index (χ1n) is 6.19.